The van der Waals surface area contributed by atoms with Crippen molar-refractivity contribution in [3.05, 3.63) is 18.2 Å². The van der Waals surface area contributed by atoms with Gasteiger partial charge in [0.25, 0.3) is 0 Å². The lowest BCUT2D eigenvalue weighted by atomic mass is 10.1. The van der Waals surface area contributed by atoms with Crippen LogP contribution in [0.2, 0.25) is 0 Å². The molecule has 0 saturated heterocycles. The van der Waals surface area contributed by atoms with E-state index in [9.17, 15) is 0 Å². The molecule has 0 aliphatic heterocycles. The monoisotopic (exact) mass is 239 g/mol. The Kier molecular flexibility index (Phi) is 5.15. The molecule has 2 N–H and O–H groups in total. The second kappa shape index (κ2) is 6.17. The van der Waals surface area contributed by atoms with Gasteiger partial charge in [0.1, 0.15) is 5.82 Å². The molecule has 4 nitrogen and oxygen atoms in total. The van der Waals surface area contributed by atoms with E-state index in [0.29, 0.717) is 6.61 Å². The molecule has 0 radical (unpaired) electrons. The summed E-state index contributed by atoms with van der Waals surface area (Å²) in [5, 5.41) is 0. The molecule has 1 rings (SSSR count). The zero-order chi connectivity index (χ0) is 12.9. The molecule has 4 heteroatoms. The van der Waals surface area contributed by atoms with Crippen LogP contribution in [-0.4, -0.2) is 27.8 Å². The molecule has 98 valence electrons. The Morgan fingerprint density at radius 1 is 1.47 bits per heavy atom. The summed E-state index contributed by atoms with van der Waals surface area (Å²) < 4.78 is 7.84. The Morgan fingerprint density at radius 3 is 2.76 bits per heavy atom. The van der Waals surface area contributed by atoms with Crippen molar-refractivity contribution in [1.29, 1.82) is 0 Å². The number of aryl methyl sites for hydroxylation is 1. The zero-order valence-electron chi connectivity index (χ0n) is 11.4. The van der Waals surface area contributed by atoms with Crippen LogP contribution >= 0.6 is 0 Å². The summed E-state index contributed by atoms with van der Waals surface area (Å²) in [5.41, 5.74) is 5.93. The van der Waals surface area contributed by atoms with Crippen molar-refractivity contribution in [3.63, 3.8) is 0 Å². The quantitative estimate of drug-likeness (QED) is 0.826. The molecule has 1 heterocycles. The standard InChI is InChI=1S/C13H25N3O/c1-5-7-16-8-6-15-12(16)9-11(14)10-17-13(2,3)4/h6,8,11H,5,7,9-10,14H2,1-4H3. The highest BCUT2D eigenvalue weighted by atomic mass is 16.5. The van der Waals surface area contributed by atoms with Crippen LogP contribution in [0.15, 0.2) is 12.4 Å². The van der Waals surface area contributed by atoms with Crippen LogP contribution in [0.3, 0.4) is 0 Å². The van der Waals surface area contributed by atoms with Gasteiger partial charge in [-0.2, -0.15) is 0 Å². The number of aromatic nitrogens is 2. The molecule has 0 bridgehead atoms. The maximum absolute atomic E-state index is 6.06. The van der Waals surface area contributed by atoms with Crippen LogP contribution < -0.4 is 5.73 Å². The van der Waals surface area contributed by atoms with Gasteiger partial charge in [-0.05, 0) is 27.2 Å². The number of hydrogen-bond acceptors (Lipinski definition) is 3. The van der Waals surface area contributed by atoms with Gasteiger partial charge in [0.2, 0.25) is 0 Å². The topological polar surface area (TPSA) is 53.1 Å². The molecule has 1 aromatic heterocycles. The van der Waals surface area contributed by atoms with E-state index in [2.05, 4.69) is 16.5 Å². The summed E-state index contributed by atoms with van der Waals surface area (Å²) in [6.07, 6.45) is 5.72. The summed E-state index contributed by atoms with van der Waals surface area (Å²) >= 11 is 0. The summed E-state index contributed by atoms with van der Waals surface area (Å²) in [6.45, 7) is 9.85. The first kappa shape index (κ1) is 14.2. The fourth-order valence-electron chi connectivity index (χ4n) is 1.62. The predicted molar refractivity (Wildman–Crippen MR) is 69.9 cm³/mol. The first-order valence-electron chi connectivity index (χ1n) is 6.32. The van der Waals surface area contributed by atoms with Crippen molar-refractivity contribution in [2.75, 3.05) is 6.61 Å². The van der Waals surface area contributed by atoms with Crippen molar-refractivity contribution < 1.29 is 4.74 Å². The lowest BCUT2D eigenvalue weighted by Crippen LogP contribution is -2.34. The molecule has 1 unspecified atom stereocenters. The fraction of sp³-hybridized carbons (Fsp3) is 0.769. The second-order valence-corrected chi connectivity index (χ2v) is 5.42. The smallest absolute Gasteiger partial charge is 0.110 e. The molecule has 0 saturated carbocycles. The maximum Gasteiger partial charge on any atom is 0.110 e. The number of rotatable bonds is 6. The van der Waals surface area contributed by atoms with Crippen LogP contribution in [0.1, 0.15) is 39.9 Å². The van der Waals surface area contributed by atoms with Crippen molar-refractivity contribution in [3.8, 4) is 0 Å². The number of nitrogens with two attached hydrogens (primary N) is 1. The second-order valence-electron chi connectivity index (χ2n) is 5.42. The van der Waals surface area contributed by atoms with Gasteiger partial charge in [-0.1, -0.05) is 6.92 Å². The minimum Gasteiger partial charge on any atom is -0.374 e. The predicted octanol–water partition coefficient (Wildman–Crippen LogP) is 1.98. The molecule has 1 aromatic rings. The highest BCUT2D eigenvalue weighted by molar-refractivity contribution is 4.95. The average molecular weight is 239 g/mol. The lowest BCUT2D eigenvalue weighted by molar-refractivity contribution is -0.0101. The summed E-state index contributed by atoms with van der Waals surface area (Å²) in [5.74, 6) is 1.05. The third-order valence-electron chi connectivity index (χ3n) is 2.44. The first-order chi connectivity index (χ1) is 7.92. The van der Waals surface area contributed by atoms with E-state index in [-0.39, 0.29) is 11.6 Å². The van der Waals surface area contributed by atoms with Crippen LogP contribution in [0.4, 0.5) is 0 Å². The Morgan fingerprint density at radius 2 is 2.18 bits per heavy atom. The number of nitrogens with zero attached hydrogens (tertiary/aromatic N) is 2. The molecule has 0 amide bonds. The first-order valence-corrected chi connectivity index (χ1v) is 6.32. The lowest BCUT2D eigenvalue weighted by Gasteiger charge is -2.22. The number of hydrogen-bond donors (Lipinski definition) is 1. The van der Waals surface area contributed by atoms with Gasteiger partial charge in [0, 0.05) is 31.4 Å². The van der Waals surface area contributed by atoms with E-state index >= 15 is 0 Å². The van der Waals surface area contributed by atoms with Gasteiger partial charge in [-0.15, -0.1) is 0 Å². The zero-order valence-corrected chi connectivity index (χ0v) is 11.4. The van der Waals surface area contributed by atoms with Crippen LogP contribution in [0, 0.1) is 0 Å². The van der Waals surface area contributed by atoms with Crippen molar-refractivity contribution in [2.24, 2.45) is 5.73 Å². The minimum absolute atomic E-state index is 0.00670. The molecule has 17 heavy (non-hydrogen) atoms. The van der Waals surface area contributed by atoms with E-state index in [4.69, 9.17) is 10.5 Å². The summed E-state index contributed by atoms with van der Waals surface area (Å²) in [7, 11) is 0. The van der Waals surface area contributed by atoms with E-state index in [1.807, 2.05) is 33.2 Å². The molecular formula is C13H25N3O. The van der Waals surface area contributed by atoms with Crippen molar-refractivity contribution in [1.82, 2.24) is 9.55 Å². The average Bonchev–Trinajstić information content (AvgIpc) is 2.63. The van der Waals surface area contributed by atoms with Crippen LogP contribution in [0.25, 0.3) is 0 Å². The van der Waals surface area contributed by atoms with E-state index < -0.39 is 0 Å². The number of ether oxygens (including phenoxy) is 1. The minimum atomic E-state index is -0.129. The largest absolute Gasteiger partial charge is 0.374 e. The van der Waals surface area contributed by atoms with Gasteiger partial charge >= 0.3 is 0 Å². The van der Waals surface area contributed by atoms with Gasteiger partial charge in [-0.3, -0.25) is 0 Å². The molecule has 1 atom stereocenters. The molecule has 0 fully saturated rings. The molecule has 0 aliphatic carbocycles. The van der Waals surface area contributed by atoms with E-state index in [0.717, 1.165) is 25.2 Å². The molecule has 0 aliphatic rings. The van der Waals surface area contributed by atoms with Gasteiger partial charge in [-0.25, -0.2) is 4.98 Å². The Labute approximate surface area is 104 Å². The summed E-state index contributed by atoms with van der Waals surface area (Å²) in [4.78, 5) is 4.35. The van der Waals surface area contributed by atoms with Gasteiger partial charge < -0.3 is 15.0 Å². The van der Waals surface area contributed by atoms with E-state index in [1.165, 1.54) is 0 Å². The fourth-order valence-corrected chi connectivity index (χ4v) is 1.62. The molecule has 0 aromatic carbocycles. The highest BCUT2D eigenvalue weighted by Crippen LogP contribution is 2.08. The van der Waals surface area contributed by atoms with Gasteiger partial charge in [0.15, 0.2) is 0 Å². The molecule has 0 spiro atoms. The molecular weight excluding hydrogens is 214 g/mol. The highest BCUT2D eigenvalue weighted by Gasteiger charge is 2.14. The van der Waals surface area contributed by atoms with Crippen molar-refractivity contribution >= 4 is 0 Å². The third-order valence-corrected chi connectivity index (χ3v) is 2.44. The van der Waals surface area contributed by atoms with E-state index in [1.54, 1.807) is 0 Å². The Balaban J connectivity index is 2.44. The van der Waals surface area contributed by atoms with Gasteiger partial charge in [0.05, 0.1) is 12.2 Å². The normalized spacial score (nSPS) is 13.9. The third kappa shape index (κ3) is 5.33. The van der Waals surface area contributed by atoms with Crippen LogP contribution in [0.5, 0.6) is 0 Å². The van der Waals surface area contributed by atoms with Crippen molar-refractivity contribution in [2.45, 2.75) is 58.7 Å². The Bertz CT molecular complexity index is 328. The summed E-state index contributed by atoms with van der Waals surface area (Å²) in [6, 6.07) is 0.00670. The SMILES string of the molecule is CCCn1ccnc1CC(N)COC(C)(C)C. The maximum atomic E-state index is 6.06. The number of imidazole rings is 1. The van der Waals surface area contributed by atoms with Crippen LogP contribution in [-0.2, 0) is 17.7 Å². The Hall–Kier alpha value is -0.870.